The summed E-state index contributed by atoms with van der Waals surface area (Å²) in [4.78, 5) is 43.1. The Morgan fingerprint density at radius 3 is 2.45 bits per heavy atom. The number of carbonyl (C=O) groups excluding carboxylic acids is 2. The fourth-order valence-electron chi connectivity index (χ4n) is 3.79. The summed E-state index contributed by atoms with van der Waals surface area (Å²) in [5.74, 6) is -0.438. The van der Waals surface area contributed by atoms with Crippen LogP contribution in [-0.2, 0) is 13.1 Å². The number of amides is 2. The molecule has 2 amide bonds. The quantitative estimate of drug-likeness (QED) is 0.681. The predicted molar refractivity (Wildman–Crippen MR) is 120 cm³/mol. The minimum atomic E-state index is -0.536. The molecule has 1 saturated carbocycles. The van der Waals surface area contributed by atoms with E-state index < -0.39 is 17.2 Å². The lowest BCUT2D eigenvalue weighted by molar-refractivity contribution is 0.0935. The van der Waals surface area contributed by atoms with Crippen LogP contribution in [0.2, 0.25) is 0 Å². The van der Waals surface area contributed by atoms with Crippen molar-refractivity contribution in [3.63, 3.8) is 0 Å². The summed E-state index contributed by atoms with van der Waals surface area (Å²) in [5, 5.41) is 5.73. The Kier molecular flexibility index (Phi) is 7.60. The molecule has 0 aliphatic heterocycles. The molecule has 2 aromatic rings. The van der Waals surface area contributed by atoms with Gasteiger partial charge >= 0.3 is 0 Å². The molecule has 7 nitrogen and oxygen atoms in total. The van der Waals surface area contributed by atoms with Gasteiger partial charge in [0.1, 0.15) is 11.1 Å². The summed E-state index contributed by atoms with van der Waals surface area (Å²) in [7, 11) is 0. The van der Waals surface area contributed by atoms with Gasteiger partial charge in [0, 0.05) is 30.7 Å². The minimum Gasteiger partial charge on any atom is -0.352 e. The first-order chi connectivity index (χ1) is 14.8. The fourth-order valence-corrected chi connectivity index (χ4v) is 3.79. The highest BCUT2D eigenvalue weighted by molar-refractivity contribution is 5.99. The summed E-state index contributed by atoms with van der Waals surface area (Å²) in [6.45, 7) is 6.94. The molecule has 1 aliphatic carbocycles. The highest BCUT2D eigenvalue weighted by Gasteiger charge is 2.23. The van der Waals surface area contributed by atoms with E-state index in [0.29, 0.717) is 18.2 Å². The Morgan fingerprint density at radius 2 is 1.81 bits per heavy atom. The van der Waals surface area contributed by atoms with Crippen LogP contribution in [0.5, 0.6) is 0 Å². The van der Waals surface area contributed by atoms with Crippen molar-refractivity contribution in [1.82, 2.24) is 20.2 Å². The van der Waals surface area contributed by atoms with Gasteiger partial charge in [-0.3, -0.25) is 19.4 Å². The van der Waals surface area contributed by atoms with Gasteiger partial charge in [-0.25, -0.2) is 0 Å². The van der Waals surface area contributed by atoms with Crippen LogP contribution in [0.4, 0.5) is 0 Å². The first-order valence-corrected chi connectivity index (χ1v) is 11.1. The maximum absolute atomic E-state index is 13.0. The van der Waals surface area contributed by atoms with Crippen LogP contribution in [0.3, 0.4) is 0 Å². The normalized spacial score (nSPS) is 14.1. The van der Waals surface area contributed by atoms with Crippen LogP contribution >= 0.6 is 0 Å². The Morgan fingerprint density at radius 1 is 1.13 bits per heavy atom. The second-order valence-electron chi connectivity index (χ2n) is 8.74. The first kappa shape index (κ1) is 22.7. The van der Waals surface area contributed by atoms with Gasteiger partial charge in [-0.05, 0) is 44.2 Å². The lowest BCUT2D eigenvalue weighted by atomic mass is 10.1. The average Bonchev–Trinajstić information content (AvgIpc) is 3.24. The molecule has 0 unspecified atom stereocenters. The van der Waals surface area contributed by atoms with Gasteiger partial charge in [-0.2, -0.15) is 0 Å². The third kappa shape index (κ3) is 6.26. The van der Waals surface area contributed by atoms with E-state index in [1.54, 1.807) is 17.0 Å². The predicted octanol–water partition coefficient (Wildman–Crippen LogP) is 3.20. The standard InChI is InChI=1S/C24H32N4O3/c1-16(2)11-12-28-14-20(23(30)25-13-19-10-6-7-17(3)26-19)22(29)21(15-28)24(31)27-18-8-4-5-9-18/h6-7,10,14-16,18H,4-5,8-9,11-13H2,1-3H3,(H,25,30)(H,27,31). The second kappa shape index (κ2) is 10.4. The van der Waals surface area contributed by atoms with E-state index in [-0.39, 0.29) is 23.7 Å². The van der Waals surface area contributed by atoms with Crippen molar-refractivity contribution in [2.24, 2.45) is 5.92 Å². The average molecular weight is 425 g/mol. The highest BCUT2D eigenvalue weighted by Crippen LogP contribution is 2.18. The topological polar surface area (TPSA) is 93.1 Å². The number of aromatic nitrogens is 2. The summed E-state index contributed by atoms with van der Waals surface area (Å²) >= 11 is 0. The molecule has 1 fully saturated rings. The molecular formula is C24H32N4O3. The number of pyridine rings is 2. The Bertz CT molecular complexity index is 991. The molecule has 31 heavy (non-hydrogen) atoms. The molecule has 3 rings (SSSR count). The smallest absolute Gasteiger partial charge is 0.257 e. The van der Waals surface area contributed by atoms with E-state index in [1.165, 1.54) is 0 Å². The molecule has 7 heteroatoms. The van der Waals surface area contributed by atoms with Crippen LogP contribution in [0.25, 0.3) is 0 Å². The Hall–Kier alpha value is -2.96. The van der Waals surface area contributed by atoms with E-state index in [0.717, 1.165) is 37.8 Å². The monoisotopic (exact) mass is 424 g/mol. The fraction of sp³-hybridized carbons (Fsp3) is 0.500. The van der Waals surface area contributed by atoms with E-state index in [2.05, 4.69) is 29.5 Å². The minimum absolute atomic E-state index is 0.0181. The highest BCUT2D eigenvalue weighted by atomic mass is 16.2. The van der Waals surface area contributed by atoms with Gasteiger partial charge in [0.05, 0.1) is 12.2 Å². The lowest BCUT2D eigenvalue weighted by Crippen LogP contribution is -2.38. The largest absolute Gasteiger partial charge is 0.352 e. The van der Waals surface area contributed by atoms with E-state index >= 15 is 0 Å². The van der Waals surface area contributed by atoms with Crippen molar-refractivity contribution in [1.29, 1.82) is 0 Å². The third-order valence-corrected chi connectivity index (χ3v) is 5.60. The second-order valence-corrected chi connectivity index (χ2v) is 8.74. The van der Waals surface area contributed by atoms with Crippen molar-refractivity contribution in [3.8, 4) is 0 Å². The summed E-state index contributed by atoms with van der Waals surface area (Å²) in [6.07, 6.45) is 8.02. The lowest BCUT2D eigenvalue weighted by Gasteiger charge is -2.15. The molecule has 166 valence electrons. The van der Waals surface area contributed by atoms with Crippen LogP contribution in [0, 0.1) is 12.8 Å². The van der Waals surface area contributed by atoms with Crippen LogP contribution in [0.15, 0.2) is 35.4 Å². The van der Waals surface area contributed by atoms with Crippen molar-refractivity contribution in [2.45, 2.75) is 72.0 Å². The molecule has 0 bridgehead atoms. The van der Waals surface area contributed by atoms with Gasteiger partial charge in [-0.15, -0.1) is 0 Å². The molecule has 1 aliphatic rings. The van der Waals surface area contributed by atoms with Crippen LogP contribution < -0.4 is 16.1 Å². The maximum Gasteiger partial charge on any atom is 0.257 e. The first-order valence-electron chi connectivity index (χ1n) is 11.1. The number of aryl methyl sites for hydroxylation is 2. The number of rotatable bonds is 8. The maximum atomic E-state index is 13.0. The number of nitrogens with zero attached hydrogens (tertiary/aromatic N) is 2. The van der Waals surface area contributed by atoms with Gasteiger partial charge in [0.15, 0.2) is 0 Å². The van der Waals surface area contributed by atoms with Crippen LogP contribution in [0.1, 0.15) is 78.1 Å². The zero-order valence-electron chi connectivity index (χ0n) is 18.6. The summed E-state index contributed by atoms with van der Waals surface area (Å²) < 4.78 is 1.78. The molecule has 0 aromatic carbocycles. The number of hydrogen-bond acceptors (Lipinski definition) is 4. The van der Waals surface area contributed by atoms with E-state index in [1.807, 2.05) is 25.1 Å². The van der Waals surface area contributed by atoms with Crippen molar-refractivity contribution >= 4 is 11.8 Å². The Balaban J connectivity index is 1.83. The molecule has 0 saturated heterocycles. The van der Waals surface area contributed by atoms with Crippen molar-refractivity contribution in [3.05, 3.63) is 63.3 Å². The number of nitrogens with one attached hydrogen (secondary N) is 2. The molecular weight excluding hydrogens is 392 g/mol. The summed E-state index contributed by atoms with van der Waals surface area (Å²) in [6, 6.07) is 5.67. The van der Waals surface area contributed by atoms with Gasteiger partial charge in [0.2, 0.25) is 5.43 Å². The summed E-state index contributed by atoms with van der Waals surface area (Å²) in [5.41, 5.74) is 1.04. The van der Waals surface area contributed by atoms with E-state index in [4.69, 9.17) is 0 Å². The third-order valence-electron chi connectivity index (χ3n) is 5.60. The Labute approximate surface area is 183 Å². The molecule has 2 aromatic heterocycles. The molecule has 0 atom stereocenters. The van der Waals surface area contributed by atoms with Crippen molar-refractivity contribution in [2.75, 3.05) is 0 Å². The zero-order chi connectivity index (χ0) is 22.4. The number of hydrogen-bond donors (Lipinski definition) is 2. The van der Waals surface area contributed by atoms with Crippen molar-refractivity contribution < 1.29 is 9.59 Å². The number of carbonyl (C=O) groups is 2. The molecule has 2 N–H and O–H groups in total. The van der Waals surface area contributed by atoms with Gasteiger partial charge in [-0.1, -0.05) is 32.8 Å². The van der Waals surface area contributed by atoms with Crippen LogP contribution in [-0.4, -0.2) is 27.4 Å². The molecule has 2 heterocycles. The molecule has 0 radical (unpaired) electrons. The zero-order valence-corrected chi connectivity index (χ0v) is 18.6. The van der Waals surface area contributed by atoms with Gasteiger partial charge in [0.25, 0.3) is 11.8 Å². The van der Waals surface area contributed by atoms with Gasteiger partial charge < -0.3 is 15.2 Å². The molecule has 0 spiro atoms. The SMILES string of the molecule is Cc1cccc(CNC(=O)c2cn(CCC(C)C)cc(C(=O)NC3CCCC3)c2=O)n1. The van der Waals surface area contributed by atoms with E-state index in [9.17, 15) is 14.4 Å².